The fourth-order valence-electron chi connectivity index (χ4n) is 4.51. The van der Waals surface area contributed by atoms with Gasteiger partial charge in [0.25, 0.3) is 0 Å². The van der Waals surface area contributed by atoms with Gasteiger partial charge in [-0.1, -0.05) is 47.5 Å². The molecule has 3 aromatic rings. The third kappa shape index (κ3) is 3.74. The van der Waals surface area contributed by atoms with E-state index in [-0.39, 0.29) is 12.1 Å². The van der Waals surface area contributed by atoms with E-state index in [4.69, 9.17) is 0 Å². The lowest BCUT2D eigenvalue weighted by Crippen LogP contribution is -2.43. The number of halogens is 3. The van der Waals surface area contributed by atoms with E-state index >= 15 is 0 Å². The molecule has 0 aliphatic carbocycles. The number of nitrogens with zero attached hydrogens (tertiary/aromatic N) is 2. The van der Waals surface area contributed by atoms with Crippen molar-refractivity contribution in [2.75, 3.05) is 9.80 Å². The van der Waals surface area contributed by atoms with Gasteiger partial charge in [0.15, 0.2) is 0 Å². The second-order valence-corrected chi connectivity index (χ2v) is 8.84. The Labute approximate surface area is 186 Å². The third-order valence-electron chi connectivity index (χ3n) is 6.02. The smallest absolute Gasteiger partial charge is 0.286 e. The Hall–Kier alpha value is -3.28. The molecule has 3 aromatic carbocycles. The van der Waals surface area contributed by atoms with Crippen LogP contribution in [0.3, 0.4) is 0 Å². The second-order valence-electron chi connectivity index (χ2n) is 8.84. The number of carbonyl (C=O) groups excluding carboxylic acids is 1. The number of urea groups is 1. The maximum absolute atomic E-state index is 13.8. The maximum atomic E-state index is 13.8. The number of hydrogen-bond acceptors (Lipinski definition) is 1. The van der Waals surface area contributed by atoms with Gasteiger partial charge in [0.1, 0.15) is 0 Å². The first-order valence-corrected chi connectivity index (χ1v) is 10.4. The number of carbonyl (C=O) groups is 1. The van der Waals surface area contributed by atoms with Crippen LogP contribution in [-0.2, 0) is 6.18 Å². The van der Waals surface area contributed by atoms with Gasteiger partial charge in [0.2, 0.25) is 0 Å². The first-order chi connectivity index (χ1) is 15.0. The normalized spacial score (nSPS) is 18.3. The SMILES string of the molecule is Cc1ccc(N2C(=O)N(c3ccc(C(F)(F)F)cc3)C(C)(C)[C@H]2c2cccc(C)c2)cc1. The van der Waals surface area contributed by atoms with Crippen molar-refractivity contribution >= 4 is 17.4 Å². The van der Waals surface area contributed by atoms with E-state index < -0.39 is 17.3 Å². The number of hydrogen-bond donors (Lipinski definition) is 0. The van der Waals surface area contributed by atoms with Crippen LogP contribution in [0.5, 0.6) is 0 Å². The van der Waals surface area contributed by atoms with Crippen molar-refractivity contribution in [3.8, 4) is 0 Å². The average molecular weight is 438 g/mol. The summed E-state index contributed by atoms with van der Waals surface area (Å²) < 4.78 is 39.2. The van der Waals surface area contributed by atoms with Crippen LogP contribution < -0.4 is 9.80 Å². The van der Waals surface area contributed by atoms with Gasteiger partial charge in [-0.05, 0) is 69.7 Å². The highest BCUT2D eigenvalue weighted by Crippen LogP contribution is 2.48. The molecule has 2 amide bonds. The Morgan fingerprint density at radius 1 is 0.812 bits per heavy atom. The van der Waals surface area contributed by atoms with E-state index in [0.717, 1.165) is 34.5 Å². The van der Waals surface area contributed by atoms with E-state index in [1.54, 1.807) is 9.80 Å². The summed E-state index contributed by atoms with van der Waals surface area (Å²) in [4.78, 5) is 17.1. The van der Waals surface area contributed by atoms with Crippen molar-refractivity contribution in [2.45, 2.75) is 45.5 Å². The van der Waals surface area contributed by atoms with E-state index in [0.29, 0.717) is 5.69 Å². The van der Waals surface area contributed by atoms with Crippen molar-refractivity contribution < 1.29 is 18.0 Å². The van der Waals surface area contributed by atoms with E-state index in [9.17, 15) is 18.0 Å². The Bertz CT molecular complexity index is 1130. The Morgan fingerprint density at radius 2 is 1.41 bits per heavy atom. The van der Waals surface area contributed by atoms with E-state index in [1.807, 2.05) is 70.2 Å². The van der Waals surface area contributed by atoms with Crippen molar-refractivity contribution in [1.82, 2.24) is 0 Å². The quantitative estimate of drug-likeness (QED) is 0.421. The molecule has 1 heterocycles. The molecule has 0 saturated carbocycles. The number of rotatable bonds is 3. The molecule has 1 aliphatic heterocycles. The van der Waals surface area contributed by atoms with Gasteiger partial charge in [-0.3, -0.25) is 9.80 Å². The van der Waals surface area contributed by atoms with Crippen molar-refractivity contribution in [2.24, 2.45) is 0 Å². The number of aryl methyl sites for hydroxylation is 2. The van der Waals surface area contributed by atoms with Crippen LogP contribution in [0.25, 0.3) is 0 Å². The lowest BCUT2D eigenvalue weighted by atomic mass is 9.87. The molecule has 0 spiro atoms. The number of anilines is 2. The Balaban J connectivity index is 1.85. The summed E-state index contributed by atoms with van der Waals surface area (Å²) in [7, 11) is 0. The first-order valence-electron chi connectivity index (χ1n) is 10.4. The minimum absolute atomic E-state index is 0.273. The van der Waals surface area contributed by atoms with Crippen molar-refractivity contribution in [3.05, 3.63) is 95.1 Å². The highest BCUT2D eigenvalue weighted by Gasteiger charge is 2.53. The van der Waals surface area contributed by atoms with Gasteiger partial charge < -0.3 is 0 Å². The molecule has 166 valence electrons. The Morgan fingerprint density at radius 3 is 1.97 bits per heavy atom. The minimum Gasteiger partial charge on any atom is -0.286 e. The second kappa shape index (κ2) is 7.69. The lowest BCUT2D eigenvalue weighted by molar-refractivity contribution is -0.137. The number of amides is 2. The fourth-order valence-corrected chi connectivity index (χ4v) is 4.51. The summed E-state index contributed by atoms with van der Waals surface area (Å²) in [6.07, 6.45) is -4.43. The molecule has 4 rings (SSSR count). The predicted octanol–water partition coefficient (Wildman–Crippen LogP) is 7.29. The highest BCUT2D eigenvalue weighted by molar-refractivity contribution is 6.08. The van der Waals surface area contributed by atoms with Crippen LogP contribution in [0.1, 0.15) is 42.1 Å². The van der Waals surface area contributed by atoms with Crippen LogP contribution in [-0.4, -0.2) is 11.6 Å². The van der Waals surface area contributed by atoms with Crippen LogP contribution >= 0.6 is 0 Å². The molecule has 0 aromatic heterocycles. The molecule has 1 atom stereocenters. The highest BCUT2D eigenvalue weighted by atomic mass is 19.4. The molecule has 1 saturated heterocycles. The molecular formula is C26H25F3N2O. The molecule has 0 radical (unpaired) electrons. The molecule has 3 nitrogen and oxygen atoms in total. The van der Waals surface area contributed by atoms with Crippen LogP contribution in [0.4, 0.5) is 29.3 Å². The Kier molecular flexibility index (Phi) is 5.27. The number of benzene rings is 3. The lowest BCUT2D eigenvalue weighted by Gasteiger charge is -2.35. The summed E-state index contributed by atoms with van der Waals surface area (Å²) in [5.74, 6) is 0. The van der Waals surface area contributed by atoms with Crippen molar-refractivity contribution in [3.63, 3.8) is 0 Å². The number of alkyl halides is 3. The maximum Gasteiger partial charge on any atom is 0.416 e. The van der Waals surface area contributed by atoms with E-state index in [1.165, 1.54) is 12.1 Å². The fraction of sp³-hybridized carbons (Fsp3) is 0.269. The van der Waals surface area contributed by atoms with E-state index in [2.05, 4.69) is 6.07 Å². The molecule has 1 fully saturated rings. The molecular weight excluding hydrogens is 413 g/mol. The van der Waals surface area contributed by atoms with Gasteiger partial charge >= 0.3 is 12.2 Å². The van der Waals surface area contributed by atoms with Gasteiger partial charge in [0.05, 0.1) is 17.1 Å². The molecule has 1 aliphatic rings. The van der Waals surface area contributed by atoms with Gasteiger partial charge in [-0.15, -0.1) is 0 Å². The summed E-state index contributed by atoms with van der Waals surface area (Å²) in [5.41, 5.74) is 2.83. The molecule has 0 unspecified atom stereocenters. The third-order valence-corrected chi connectivity index (χ3v) is 6.02. The van der Waals surface area contributed by atoms with Gasteiger partial charge in [-0.2, -0.15) is 13.2 Å². The predicted molar refractivity (Wildman–Crippen MR) is 121 cm³/mol. The zero-order valence-corrected chi connectivity index (χ0v) is 18.4. The largest absolute Gasteiger partial charge is 0.416 e. The summed E-state index contributed by atoms with van der Waals surface area (Å²) in [6, 6.07) is 19.9. The zero-order valence-electron chi connectivity index (χ0n) is 18.4. The monoisotopic (exact) mass is 438 g/mol. The molecule has 0 bridgehead atoms. The van der Waals surface area contributed by atoms with Crippen LogP contribution in [0.2, 0.25) is 0 Å². The van der Waals surface area contributed by atoms with Gasteiger partial charge in [0, 0.05) is 11.4 Å². The minimum atomic E-state index is -4.43. The molecule has 6 heteroatoms. The van der Waals surface area contributed by atoms with Crippen molar-refractivity contribution in [1.29, 1.82) is 0 Å². The topological polar surface area (TPSA) is 23.6 Å². The summed E-state index contributed by atoms with van der Waals surface area (Å²) in [5, 5.41) is 0. The average Bonchev–Trinajstić information content (AvgIpc) is 2.93. The van der Waals surface area contributed by atoms with Crippen LogP contribution in [0.15, 0.2) is 72.8 Å². The first kappa shape index (κ1) is 21.9. The molecule has 0 N–H and O–H groups in total. The van der Waals surface area contributed by atoms with Gasteiger partial charge in [-0.25, -0.2) is 4.79 Å². The standard InChI is InChI=1S/C26H25F3N2O/c1-17-8-12-21(13-9-17)30-23(19-7-5-6-18(2)16-19)25(3,4)31(24(30)32)22-14-10-20(11-15-22)26(27,28)29/h5-16,23H,1-4H3/t23-/m1/s1. The summed E-state index contributed by atoms with van der Waals surface area (Å²) >= 11 is 0. The van der Waals surface area contributed by atoms with Crippen LogP contribution in [0, 0.1) is 13.8 Å². The summed E-state index contributed by atoms with van der Waals surface area (Å²) in [6.45, 7) is 7.87. The zero-order chi connectivity index (χ0) is 23.3. The molecule has 32 heavy (non-hydrogen) atoms.